The van der Waals surface area contributed by atoms with Crippen LogP contribution in [0.5, 0.6) is 0 Å². The molecule has 0 amide bonds. The standard InChI is InChI=1S/C13H22N4O/c1-16(2)13(7-5-4-6-8-13)11(18)9-12-14-10-15-17(12)3/h10H,4-9H2,1-3H3. The van der Waals surface area contributed by atoms with E-state index in [4.69, 9.17) is 0 Å². The Morgan fingerprint density at radius 3 is 2.56 bits per heavy atom. The van der Waals surface area contributed by atoms with Crippen molar-refractivity contribution in [2.24, 2.45) is 7.05 Å². The zero-order valence-corrected chi connectivity index (χ0v) is 11.5. The predicted molar refractivity (Wildman–Crippen MR) is 69.2 cm³/mol. The highest BCUT2D eigenvalue weighted by Gasteiger charge is 2.41. The molecule has 0 spiro atoms. The Labute approximate surface area is 108 Å². The van der Waals surface area contributed by atoms with Crippen LogP contribution in [0.15, 0.2) is 6.33 Å². The van der Waals surface area contributed by atoms with Gasteiger partial charge in [-0.1, -0.05) is 19.3 Å². The molecule has 1 aromatic heterocycles. The largest absolute Gasteiger partial charge is 0.297 e. The van der Waals surface area contributed by atoms with Gasteiger partial charge >= 0.3 is 0 Å². The van der Waals surface area contributed by atoms with Crippen molar-refractivity contribution in [2.75, 3.05) is 14.1 Å². The summed E-state index contributed by atoms with van der Waals surface area (Å²) in [6.07, 6.45) is 7.35. The normalized spacial score (nSPS) is 19.1. The molecule has 1 heterocycles. The molecule has 0 N–H and O–H groups in total. The highest BCUT2D eigenvalue weighted by atomic mass is 16.1. The molecule has 1 saturated carbocycles. The molecule has 0 saturated heterocycles. The minimum atomic E-state index is -0.287. The van der Waals surface area contributed by atoms with E-state index in [9.17, 15) is 4.79 Å². The van der Waals surface area contributed by atoms with Crippen LogP contribution < -0.4 is 0 Å². The van der Waals surface area contributed by atoms with Gasteiger partial charge in [0.2, 0.25) is 0 Å². The molecule has 0 atom stereocenters. The minimum Gasteiger partial charge on any atom is -0.297 e. The van der Waals surface area contributed by atoms with Crippen LogP contribution in [0.3, 0.4) is 0 Å². The van der Waals surface area contributed by atoms with Crippen LogP contribution in [-0.2, 0) is 18.3 Å². The average molecular weight is 250 g/mol. The monoisotopic (exact) mass is 250 g/mol. The maximum atomic E-state index is 12.7. The van der Waals surface area contributed by atoms with E-state index in [0.717, 1.165) is 31.5 Å². The van der Waals surface area contributed by atoms with Crippen LogP contribution in [-0.4, -0.2) is 45.1 Å². The van der Waals surface area contributed by atoms with Gasteiger partial charge in [0, 0.05) is 7.05 Å². The Hall–Kier alpha value is -1.23. The second kappa shape index (κ2) is 5.18. The second-order valence-corrected chi connectivity index (χ2v) is 5.39. The molecule has 0 radical (unpaired) electrons. The number of hydrogen-bond donors (Lipinski definition) is 0. The molecular formula is C13H22N4O. The summed E-state index contributed by atoms with van der Waals surface area (Å²) >= 11 is 0. The molecule has 100 valence electrons. The number of likely N-dealkylation sites (N-methyl/N-ethyl adjacent to an activating group) is 1. The number of rotatable bonds is 4. The van der Waals surface area contributed by atoms with Crippen molar-refractivity contribution < 1.29 is 4.79 Å². The van der Waals surface area contributed by atoms with Gasteiger partial charge < -0.3 is 0 Å². The molecule has 1 aliphatic carbocycles. The highest BCUT2D eigenvalue weighted by molar-refractivity contribution is 5.89. The second-order valence-electron chi connectivity index (χ2n) is 5.39. The lowest BCUT2D eigenvalue weighted by atomic mass is 9.76. The fourth-order valence-electron chi connectivity index (χ4n) is 2.90. The molecule has 0 aromatic carbocycles. The molecule has 18 heavy (non-hydrogen) atoms. The first-order valence-corrected chi connectivity index (χ1v) is 6.60. The van der Waals surface area contributed by atoms with E-state index in [2.05, 4.69) is 15.0 Å². The van der Waals surface area contributed by atoms with Gasteiger partial charge in [-0.2, -0.15) is 5.10 Å². The molecule has 0 bridgehead atoms. The zero-order valence-electron chi connectivity index (χ0n) is 11.5. The van der Waals surface area contributed by atoms with Crippen molar-refractivity contribution in [2.45, 2.75) is 44.1 Å². The van der Waals surface area contributed by atoms with Gasteiger partial charge in [-0.3, -0.25) is 14.4 Å². The van der Waals surface area contributed by atoms with Gasteiger partial charge in [0.25, 0.3) is 0 Å². The Balaban J connectivity index is 2.16. The zero-order chi connectivity index (χ0) is 13.2. The first-order valence-electron chi connectivity index (χ1n) is 6.60. The third-order valence-corrected chi connectivity index (χ3v) is 4.18. The summed E-state index contributed by atoms with van der Waals surface area (Å²) in [6, 6.07) is 0. The molecule has 0 aliphatic heterocycles. The van der Waals surface area contributed by atoms with E-state index in [0.29, 0.717) is 6.42 Å². The molecular weight excluding hydrogens is 228 g/mol. The van der Waals surface area contributed by atoms with E-state index in [-0.39, 0.29) is 11.3 Å². The number of aryl methyl sites for hydroxylation is 1. The fraction of sp³-hybridized carbons (Fsp3) is 0.769. The molecule has 0 unspecified atom stereocenters. The lowest BCUT2D eigenvalue weighted by molar-refractivity contribution is -0.131. The van der Waals surface area contributed by atoms with Crippen LogP contribution in [0.2, 0.25) is 0 Å². The first kappa shape index (κ1) is 13.2. The maximum absolute atomic E-state index is 12.7. The number of aromatic nitrogens is 3. The highest BCUT2D eigenvalue weighted by Crippen LogP contribution is 2.33. The summed E-state index contributed by atoms with van der Waals surface area (Å²) in [6.45, 7) is 0. The molecule has 1 aliphatic rings. The van der Waals surface area contributed by atoms with E-state index in [1.807, 2.05) is 21.1 Å². The summed E-state index contributed by atoms with van der Waals surface area (Å²) in [5, 5.41) is 4.02. The minimum absolute atomic E-state index is 0.281. The molecule has 1 fully saturated rings. The van der Waals surface area contributed by atoms with Gasteiger partial charge in [0.15, 0.2) is 5.78 Å². The lowest BCUT2D eigenvalue weighted by Gasteiger charge is -2.41. The lowest BCUT2D eigenvalue weighted by Crippen LogP contribution is -2.53. The molecule has 5 heteroatoms. The average Bonchev–Trinajstić information content (AvgIpc) is 2.75. The van der Waals surface area contributed by atoms with Crippen molar-refractivity contribution in [3.05, 3.63) is 12.2 Å². The molecule has 5 nitrogen and oxygen atoms in total. The summed E-state index contributed by atoms with van der Waals surface area (Å²) in [7, 11) is 5.86. The quantitative estimate of drug-likeness (QED) is 0.805. The number of nitrogens with zero attached hydrogens (tertiary/aromatic N) is 4. The van der Waals surface area contributed by atoms with Gasteiger partial charge in [-0.05, 0) is 26.9 Å². The summed E-state index contributed by atoms with van der Waals surface area (Å²) in [5.41, 5.74) is -0.287. The van der Waals surface area contributed by atoms with Crippen LogP contribution >= 0.6 is 0 Å². The summed E-state index contributed by atoms with van der Waals surface area (Å²) in [5.74, 6) is 1.04. The van der Waals surface area contributed by atoms with Crippen molar-refractivity contribution in [3.63, 3.8) is 0 Å². The maximum Gasteiger partial charge on any atom is 0.160 e. The summed E-state index contributed by atoms with van der Waals surface area (Å²) in [4.78, 5) is 18.9. The van der Waals surface area contributed by atoms with Gasteiger partial charge in [-0.15, -0.1) is 0 Å². The van der Waals surface area contributed by atoms with E-state index in [1.165, 1.54) is 12.7 Å². The third kappa shape index (κ3) is 2.32. The number of hydrogen-bond acceptors (Lipinski definition) is 4. The third-order valence-electron chi connectivity index (χ3n) is 4.18. The number of Topliss-reactive ketones (excluding diaryl/α,β-unsaturated/α-hetero) is 1. The van der Waals surface area contributed by atoms with Crippen LogP contribution in [0, 0.1) is 0 Å². The number of ketones is 1. The van der Waals surface area contributed by atoms with Gasteiger partial charge in [-0.25, -0.2) is 4.98 Å². The molecule has 1 aromatic rings. The van der Waals surface area contributed by atoms with Crippen LogP contribution in [0.4, 0.5) is 0 Å². The van der Waals surface area contributed by atoms with E-state index >= 15 is 0 Å². The first-order chi connectivity index (χ1) is 8.56. The van der Waals surface area contributed by atoms with Gasteiger partial charge in [0.1, 0.15) is 12.2 Å². The Bertz CT molecular complexity index is 418. The Morgan fingerprint density at radius 2 is 2.06 bits per heavy atom. The van der Waals surface area contributed by atoms with Crippen LogP contribution in [0.1, 0.15) is 37.9 Å². The number of carbonyl (C=O) groups is 1. The van der Waals surface area contributed by atoms with Crippen LogP contribution in [0.25, 0.3) is 0 Å². The predicted octanol–water partition coefficient (Wildman–Crippen LogP) is 1.19. The Kier molecular flexibility index (Phi) is 3.80. The number of carbonyl (C=O) groups excluding carboxylic acids is 1. The smallest absolute Gasteiger partial charge is 0.160 e. The Morgan fingerprint density at radius 1 is 1.39 bits per heavy atom. The van der Waals surface area contributed by atoms with Crippen molar-refractivity contribution in [1.82, 2.24) is 19.7 Å². The SMILES string of the molecule is CN(C)C1(C(=O)Cc2ncnn2C)CCCCC1. The topological polar surface area (TPSA) is 51.0 Å². The van der Waals surface area contributed by atoms with E-state index in [1.54, 1.807) is 4.68 Å². The van der Waals surface area contributed by atoms with Crippen molar-refractivity contribution in [1.29, 1.82) is 0 Å². The van der Waals surface area contributed by atoms with Crippen molar-refractivity contribution in [3.8, 4) is 0 Å². The van der Waals surface area contributed by atoms with E-state index < -0.39 is 0 Å². The fourth-order valence-corrected chi connectivity index (χ4v) is 2.90. The molecule has 2 rings (SSSR count). The van der Waals surface area contributed by atoms with Gasteiger partial charge in [0.05, 0.1) is 12.0 Å². The summed E-state index contributed by atoms with van der Waals surface area (Å²) < 4.78 is 1.68. The van der Waals surface area contributed by atoms with Crippen molar-refractivity contribution >= 4 is 5.78 Å².